The second kappa shape index (κ2) is 8.26. The van der Waals surface area contributed by atoms with Crippen molar-refractivity contribution in [2.24, 2.45) is 5.92 Å². The van der Waals surface area contributed by atoms with E-state index in [2.05, 4.69) is 10.2 Å². The van der Waals surface area contributed by atoms with Crippen LogP contribution < -0.4 is 10.2 Å². The molecule has 0 spiro atoms. The Hall–Kier alpha value is -2.13. The molecule has 2 fully saturated rings. The highest BCUT2D eigenvalue weighted by Gasteiger charge is 2.36. The Labute approximate surface area is 155 Å². The molecule has 0 aromatic heterocycles. The molecule has 1 aromatic rings. The van der Waals surface area contributed by atoms with Crippen LogP contribution in [-0.2, 0) is 20.5 Å². The molecule has 0 radical (unpaired) electrons. The number of alkyl halides is 3. The minimum Gasteiger partial charge on any atom is -0.379 e. The number of nitrogens with one attached hydrogen (secondary N) is 1. The van der Waals surface area contributed by atoms with Gasteiger partial charge >= 0.3 is 6.18 Å². The quantitative estimate of drug-likeness (QED) is 0.835. The Morgan fingerprint density at radius 1 is 1.26 bits per heavy atom. The van der Waals surface area contributed by atoms with Crippen LogP contribution in [0, 0.1) is 5.92 Å². The van der Waals surface area contributed by atoms with E-state index in [4.69, 9.17) is 4.74 Å². The number of carbonyl (C=O) groups is 2. The van der Waals surface area contributed by atoms with E-state index in [-0.39, 0.29) is 30.5 Å². The van der Waals surface area contributed by atoms with Gasteiger partial charge in [-0.2, -0.15) is 13.2 Å². The fourth-order valence-corrected chi connectivity index (χ4v) is 3.29. The van der Waals surface area contributed by atoms with Gasteiger partial charge in [-0.15, -0.1) is 0 Å². The zero-order valence-electron chi connectivity index (χ0n) is 14.8. The van der Waals surface area contributed by atoms with Gasteiger partial charge in [0.1, 0.15) is 0 Å². The van der Waals surface area contributed by atoms with Crippen LogP contribution in [0.4, 0.5) is 18.9 Å². The Morgan fingerprint density at radius 3 is 2.70 bits per heavy atom. The van der Waals surface area contributed by atoms with Crippen LogP contribution in [0.25, 0.3) is 0 Å². The Balaban J connectivity index is 1.54. The highest BCUT2D eigenvalue weighted by molar-refractivity contribution is 6.00. The molecule has 1 aromatic carbocycles. The van der Waals surface area contributed by atoms with Crippen molar-refractivity contribution >= 4 is 17.5 Å². The lowest BCUT2D eigenvalue weighted by Gasteiger charge is -2.26. The molecule has 0 aliphatic carbocycles. The van der Waals surface area contributed by atoms with Gasteiger partial charge in [-0.25, -0.2) is 0 Å². The molecule has 2 aliphatic heterocycles. The third-order valence-electron chi connectivity index (χ3n) is 4.81. The number of hydrogen-bond acceptors (Lipinski definition) is 4. The lowest BCUT2D eigenvalue weighted by Crippen LogP contribution is -2.42. The molecular formula is C18H22F3N3O3. The van der Waals surface area contributed by atoms with Gasteiger partial charge in [0.25, 0.3) is 0 Å². The summed E-state index contributed by atoms with van der Waals surface area (Å²) in [6.07, 6.45) is -4.48. The number of anilines is 1. The van der Waals surface area contributed by atoms with Crippen molar-refractivity contribution in [1.82, 2.24) is 10.2 Å². The Morgan fingerprint density at radius 2 is 2.00 bits per heavy atom. The van der Waals surface area contributed by atoms with Crippen LogP contribution in [0.5, 0.6) is 0 Å². The van der Waals surface area contributed by atoms with E-state index in [0.717, 1.165) is 25.2 Å². The fourth-order valence-electron chi connectivity index (χ4n) is 3.29. The first-order chi connectivity index (χ1) is 12.8. The van der Waals surface area contributed by atoms with E-state index in [9.17, 15) is 22.8 Å². The summed E-state index contributed by atoms with van der Waals surface area (Å²) in [7, 11) is 0. The van der Waals surface area contributed by atoms with Gasteiger partial charge in [-0.1, -0.05) is 6.07 Å². The number of ether oxygens (including phenoxy) is 1. The highest BCUT2D eigenvalue weighted by Crippen LogP contribution is 2.33. The molecule has 3 rings (SSSR count). The molecular weight excluding hydrogens is 363 g/mol. The number of rotatable bonds is 5. The topological polar surface area (TPSA) is 61.9 Å². The van der Waals surface area contributed by atoms with Crippen molar-refractivity contribution in [3.63, 3.8) is 0 Å². The van der Waals surface area contributed by atoms with Crippen LogP contribution in [0.1, 0.15) is 12.0 Å². The summed E-state index contributed by atoms with van der Waals surface area (Å²) in [6.45, 7) is 4.25. The third kappa shape index (κ3) is 4.98. The third-order valence-corrected chi connectivity index (χ3v) is 4.81. The van der Waals surface area contributed by atoms with Gasteiger partial charge in [0.15, 0.2) is 0 Å². The van der Waals surface area contributed by atoms with Gasteiger partial charge in [-0.05, 0) is 18.2 Å². The second-order valence-corrected chi connectivity index (χ2v) is 6.70. The van der Waals surface area contributed by atoms with E-state index in [1.165, 1.54) is 17.0 Å². The van der Waals surface area contributed by atoms with Gasteiger partial charge in [0.05, 0.1) is 24.7 Å². The lowest BCUT2D eigenvalue weighted by molar-refractivity contribution is -0.137. The van der Waals surface area contributed by atoms with E-state index < -0.39 is 17.7 Å². The molecule has 0 saturated carbocycles. The number of hydrogen-bond donors (Lipinski definition) is 1. The number of benzene rings is 1. The molecule has 2 amide bonds. The summed E-state index contributed by atoms with van der Waals surface area (Å²) >= 11 is 0. The predicted octanol–water partition coefficient (Wildman–Crippen LogP) is 1.51. The van der Waals surface area contributed by atoms with Crippen molar-refractivity contribution in [1.29, 1.82) is 0 Å². The standard InChI is InChI=1S/C18H22F3N3O3/c19-18(20,21)14-2-1-3-15(11-14)24-12-13(10-16(24)25)17(26)22-4-5-23-6-8-27-9-7-23/h1-3,11,13H,4-10,12H2,(H,22,26)/t13-/m1/s1. The van der Waals surface area contributed by atoms with Crippen molar-refractivity contribution < 1.29 is 27.5 Å². The molecule has 6 nitrogen and oxygen atoms in total. The predicted molar refractivity (Wildman–Crippen MR) is 92.2 cm³/mol. The maximum atomic E-state index is 12.9. The minimum absolute atomic E-state index is 0.000364. The van der Waals surface area contributed by atoms with E-state index >= 15 is 0 Å². The number of nitrogens with zero attached hydrogens (tertiary/aromatic N) is 2. The van der Waals surface area contributed by atoms with Gasteiger partial charge in [-0.3, -0.25) is 14.5 Å². The Kier molecular flexibility index (Phi) is 6.01. The summed E-state index contributed by atoms with van der Waals surface area (Å²) in [6, 6.07) is 4.61. The van der Waals surface area contributed by atoms with Crippen LogP contribution >= 0.6 is 0 Å². The molecule has 1 N–H and O–H groups in total. The average molecular weight is 385 g/mol. The SMILES string of the molecule is O=C(NCCN1CCOCC1)[C@@H]1CC(=O)N(c2cccc(C(F)(F)F)c2)C1. The molecule has 2 aliphatic rings. The normalized spacial score (nSPS) is 21.5. The number of amides is 2. The zero-order chi connectivity index (χ0) is 19.4. The summed E-state index contributed by atoms with van der Waals surface area (Å²) in [5.41, 5.74) is -0.648. The molecule has 2 saturated heterocycles. The monoisotopic (exact) mass is 385 g/mol. The molecule has 27 heavy (non-hydrogen) atoms. The largest absolute Gasteiger partial charge is 0.416 e. The maximum Gasteiger partial charge on any atom is 0.416 e. The Bertz CT molecular complexity index is 690. The maximum absolute atomic E-state index is 12.9. The molecule has 1 atom stereocenters. The van der Waals surface area contributed by atoms with Crippen molar-refractivity contribution in [3.05, 3.63) is 29.8 Å². The molecule has 2 heterocycles. The van der Waals surface area contributed by atoms with Crippen molar-refractivity contribution in [3.8, 4) is 0 Å². The van der Waals surface area contributed by atoms with Crippen molar-refractivity contribution in [2.75, 3.05) is 50.8 Å². The fraction of sp³-hybridized carbons (Fsp3) is 0.556. The number of halogens is 3. The summed E-state index contributed by atoms with van der Waals surface area (Å²) in [5, 5.41) is 2.82. The van der Waals surface area contributed by atoms with E-state index in [1.54, 1.807) is 0 Å². The van der Waals surface area contributed by atoms with Crippen LogP contribution in [0.15, 0.2) is 24.3 Å². The van der Waals surface area contributed by atoms with Crippen LogP contribution in [-0.4, -0.2) is 62.7 Å². The summed E-state index contributed by atoms with van der Waals surface area (Å²) in [4.78, 5) is 28.0. The van der Waals surface area contributed by atoms with Crippen molar-refractivity contribution in [2.45, 2.75) is 12.6 Å². The van der Waals surface area contributed by atoms with Crippen LogP contribution in [0.2, 0.25) is 0 Å². The first kappa shape index (κ1) is 19.6. The van der Waals surface area contributed by atoms with Gasteiger partial charge < -0.3 is 15.0 Å². The summed E-state index contributed by atoms with van der Waals surface area (Å²) < 4.78 is 43.9. The summed E-state index contributed by atoms with van der Waals surface area (Å²) in [5.74, 6) is -1.15. The molecule has 0 bridgehead atoms. The minimum atomic E-state index is -4.48. The molecule has 9 heteroatoms. The number of carbonyl (C=O) groups excluding carboxylic acids is 2. The van der Waals surface area contributed by atoms with Crippen LogP contribution in [0.3, 0.4) is 0 Å². The highest BCUT2D eigenvalue weighted by atomic mass is 19.4. The second-order valence-electron chi connectivity index (χ2n) is 6.70. The van der Waals surface area contributed by atoms with E-state index in [1.807, 2.05) is 0 Å². The lowest BCUT2D eigenvalue weighted by atomic mass is 10.1. The zero-order valence-corrected chi connectivity index (χ0v) is 14.8. The average Bonchev–Trinajstić information content (AvgIpc) is 3.04. The first-order valence-electron chi connectivity index (χ1n) is 8.90. The smallest absolute Gasteiger partial charge is 0.379 e. The van der Waals surface area contributed by atoms with Gasteiger partial charge in [0.2, 0.25) is 11.8 Å². The molecule has 0 unspecified atom stereocenters. The van der Waals surface area contributed by atoms with Gasteiger partial charge in [0, 0.05) is 44.8 Å². The van der Waals surface area contributed by atoms with E-state index in [0.29, 0.717) is 26.3 Å². The molecule has 148 valence electrons. The number of morpholine rings is 1. The first-order valence-corrected chi connectivity index (χ1v) is 8.90.